The minimum atomic E-state index is -0.231. The van der Waals surface area contributed by atoms with Gasteiger partial charge in [0.1, 0.15) is 5.75 Å². The minimum Gasteiger partial charge on any atom is -0.497 e. The summed E-state index contributed by atoms with van der Waals surface area (Å²) in [5.41, 5.74) is 2.16. The third-order valence-electron chi connectivity index (χ3n) is 3.86. The predicted octanol–water partition coefficient (Wildman–Crippen LogP) is 3.51. The van der Waals surface area contributed by atoms with Crippen LogP contribution in [-0.4, -0.2) is 32.6 Å². The van der Waals surface area contributed by atoms with Gasteiger partial charge in [-0.3, -0.25) is 9.59 Å². The summed E-state index contributed by atoms with van der Waals surface area (Å²) in [5, 5.41) is 6.14. The minimum absolute atomic E-state index is 0.153. The predicted molar refractivity (Wildman–Crippen MR) is 101 cm³/mol. The van der Waals surface area contributed by atoms with Gasteiger partial charge in [0, 0.05) is 18.7 Å². The molecule has 0 radical (unpaired) electrons. The number of nitrogens with one attached hydrogen (secondary N) is 2. The molecule has 0 aliphatic heterocycles. The van der Waals surface area contributed by atoms with Gasteiger partial charge in [0.15, 0.2) is 0 Å². The summed E-state index contributed by atoms with van der Waals surface area (Å²) < 4.78 is 9.74. The number of ether oxygens (including phenoxy) is 2. The fraction of sp³-hybridized carbons (Fsp3) is 0.300. The molecule has 0 saturated heterocycles. The number of amides is 1. The molecule has 0 atom stereocenters. The zero-order chi connectivity index (χ0) is 18.8. The second kappa shape index (κ2) is 10.1. The van der Waals surface area contributed by atoms with Crippen molar-refractivity contribution in [2.75, 3.05) is 26.1 Å². The Morgan fingerprint density at radius 1 is 0.962 bits per heavy atom. The number of carbonyl (C=O) groups is 2. The lowest BCUT2D eigenvalue weighted by Crippen LogP contribution is -2.25. The van der Waals surface area contributed by atoms with E-state index in [-0.39, 0.29) is 11.9 Å². The van der Waals surface area contributed by atoms with Gasteiger partial charge in [-0.05, 0) is 49.2 Å². The van der Waals surface area contributed by atoms with Gasteiger partial charge in [0.2, 0.25) is 0 Å². The van der Waals surface area contributed by atoms with Gasteiger partial charge in [0.25, 0.3) is 5.91 Å². The molecule has 0 aliphatic rings. The van der Waals surface area contributed by atoms with E-state index >= 15 is 0 Å². The van der Waals surface area contributed by atoms with Gasteiger partial charge in [-0.1, -0.05) is 12.1 Å². The second-order valence-corrected chi connectivity index (χ2v) is 5.69. The molecule has 0 heterocycles. The van der Waals surface area contributed by atoms with E-state index in [9.17, 15) is 9.59 Å². The Balaban J connectivity index is 1.92. The molecule has 0 aromatic heterocycles. The van der Waals surface area contributed by atoms with Gasteiger partial charge < -0.3 is 20.1 Å². The third-order valence-corrected chi connectivity index (χ3v) is 3.86. The number of methoxy groups -OCH3 is 2. The summed E-state index contributed by atoms with van der Waals surface area (Å²) in [5.74, 6) is 0.388. The van der Waals surface area contributed by atoms with Crippen molar-refractivity contribution in [2.45, 2.75) is 19.3 Å². The van der Waals surface area contributed by atoms with Crippen molar-refractivity contribution in [2.24, 2.45) is 0 Å². The fourth-order valence-corrected chi connectivity index (χ4v) is 2.41. The maximum Gasteiger partial charge on any atom is 0.305 e. The van der Waals surface area contributed by atoms with E-state index in [0.717, 1.165) is 23.5 Å². The number of hydrogen-bond acceptors (Lipinski definition) is 5. The van der Waals surface area contributed by atoms with Gasteiger partial charge >= 0.3 is 5.97 Å². The summed E-state index contributed by atoms with van der Waals surface area (Å²) in [4.78, 5) is 23.5. The Bertz CT molecular complexity index is 729. The summed E-state index contributed by atoms with van der Waals surface area (Å²) in [7, 11) is 2.99. The fourth-order valence-electron chi connectivity index (χ4n) is 2.41. The lowest BCUT2D eigenvalue weighted by Gasteiger charge is -2.12. The highest BCUT2D eigenvalue weighted by Gasteiger charge is 2.11. The highest BCUT2D eigenvalue weighted by Crippen LogP contribution is 2.22. The topological polar surface area (TPSA) is 76.7 Å². The van der Waals surface area contributed by atoms with Crippen LogP contribution < -0.4 is 15.4 Å². The van der Waals surface area contributed by atoms with E-state index in [1.54, 1.807) is 13.2 Å². The molecule has 0 bridgehead atoms. The number of carbonyl (C=O) groups excluding carboxylic acids is 2. The quantitative estimate of drug-likeness (QED) is 0.531. The lowest BCUT2D eigenvalue weighted by molar-refractivity contribution is -0.140. The molecule has 2 N–H and O–H groups in total. The van der Waals surface area contributed by atoms with Gasteiger partial charge in [-0.15, -0.1) is 0 Å². The zero-order valence-electron chi connectivity index (χ0n) is 15.1. The Morgan fingerprint density at radius 2 is 1.69 bits per heavy atom. The van der Waals surface area contributed by atoms with Crippen molar-refractivity contribution >= 4 is 23.3 Å². The molecule has 2 rings (SSSR count). The monoisotopic (exact) mass is 356 g/mol. The Labute approximate surface area is 153 Å². The number of hydrogen-bond donors (Lipinski definition) is 2. The normalized spacial score (nSPS) is 10.1. The molecule has 2 aromatic rings. The van der Waals surface area contributed by atoms with Crippen LogP contribution in [0, 0.1) is 0 Å². The third kappa shape index (κ3) is 5.81. The van der Waals surface area contributed by atoms with Crippen molar-refractivity contribution in [1.29, 1.82) is 0 Å². The maximum absolute atomic E-state index is 12.4. The van der Waals surface area contributed by atoms with E-state index in [1.807, 2.05) is 42.5 Å². The molecular formula is C20H24N2O4. The van der Waals surface area contributed by atoms with Gasteiger partial charge in [0.05, 0.1) is 25.5 Å². The Hall–Kier alpha value is -3.02. The molecule has 0 saturated carbocycles. The van der Waals surface area contributed by atoms with E-state index in [0.29, 0.717) is 24.9 Å². The van der Waals surface area contributed by atoms with E-state index in [2.05, 4.69) is 15.4 Å². The van der Waals surface area contributed by atoms with E-state index in [1.165, 1.54) is 7.11 Å². The summed E-state index contributed by atoms with van der Waals surface area (Å²) in [6, 6.07) is 14.8. The second-order valence-electron chi connectivity index (χ2n) is 5.69. The smallest absolute Gasteiger partial charge is 0.305 e. The van der Waals surface area contributed by atoms with Crippen LogP contribution in [-0.2, 0) is 9.53 Å². The van der Waals surface area contributed by atoms with Crippen LogP contribution in [0.25, 0.3) is 0 Å². The van der Waals surface area contributed by atoms with Crippen LogP contribution in [0.1, 0.15) is 29.6 Å². The van der Waals surface area contributed by atoms with Crippen LogP contribution in [0.15, 0.2) is 48.5 Å². The van der Waals surface area contributed by atoms with Gasteiger partial charge in [-0.2, -0.15) is 0 Å². The first kappa shape index (κ1) is 19.3. The number of anilines is 2. The molecule has 0 unspecified atom stereocenters. The SMILES string of the molecule is COC(=O)CCCCNC(=O)c1ccccc1Nc1ccc(OC)cc1. The van der Waals surface area contributed by atoms with Crippen LogP contribution in [0.2, 0.25) is 0 Å². The van der Waals surface area contributed by atoms with Crippen molar-refractivity contribution in [3.63, 3.8) is 0 Å². The summed E-state index contributed by atoms with van der Waals surface area (Å²) >= 11 is 0. The zero-order valence-corrected chi connectivity index (χ0v) is 15.1. The first-order valence-electron chi connectivity index (χ1n) is 8.49. The molecule has 0 spiro atoms. The van der Waals surface area contributed by atoms with E-state index < -0.39 is 0 Å². The van der Waals surface area contributed by atoms with Gasteiger partial charge in [-0.25, -0.2) is 0 Å². The Morgan fingerprint density at radius 3 is 2.38 bits per heavy atom. The molecule has 6 heteroatoms. The molecule has 0 fully saturated rings. The number of esters is 1. The summed E-state index contributed by atoms with van der Waals surface area (Å²) in [6.07, 6.45) is 1.76. The molecule has 0 aliphatic carbocycles. The molecule has 1 amide bonds. The molecule has 6 nitrogen and oxygen atoms in total. The van der Waals surface area contributed by atoms with E-state index in [4.69, 9.17) is 4.74 Å². The average Bonchev–Trinajstić information content (AvgIpc) is 2.68. The van der Waals surface area contributed by atoms with Crippen LogP contribution in [0.5, 0.6) is 5.75 Å². The molecular weight excluding hydrogens is 332 g/mol. The molecule has 2 aromatic carbocycles. The van der Waals surface area contributed by atoms with Crippen molar-refractivity contribution in [3.8, 4) is 5.75 Å². The largest absolute Gasteiger partial charge is 0.497 e. The van der Waals surface area contributed by atoms with Crippen molar-refractivity contribution < 1.29 is 19.1 Å². The van der Waals surface area contributed by atoms with Crippen LogP contribution >= 0.6 is 0 Å². The Kier molecular flexibility index (Phi) is 7.49. The van der Waals surface area contributed by atoms with Crippen molar-refractivity contribution in [1.82, 2.24) is 5.32 Å². The number of para-hydroxylation sites is 1. The lowest BCUT2D eigenvalue weighted by atomic mass is 10.1. The maximum atomic E-state index is 12.4. The first-order valence-corrected chi connectivity index (χ1v) is 8.49. The summed E-state index contributed by atoms with van der Waals surface area (Å²) in [6.45, 7) is 0.507. The number of benzene rings is 2. The van der Waals surface area contributed by atoms with Crippen LogP contribution in [0.4, 0.5) is 11.4 Å². The van der Waals surface area contributed by atoms with Crippen LogP contribution in [0.3, 0.4) is 0 Å². The number of rotatable bonds is 9. The standard InChI is InChI=1S/C20H24N2O4/c1-25-16-12-10-15(11-13-16)22-18-8-4-3-7-17(18)20(24)21-14-6-5-9-19(23)26-2/h3-4,7-8,10-13,22H,5-6,9,14H2,1-2H3,(H,21,24). The highest BCUT2D eigenvalue weighted by molar-refractivity contribution is 6.00. The highest BCUT2D eigenvalue weighted by atomic mass is 16.5. The molecule has 26 heavy (non-hydrogen) atoms. The van der Waals surface area contributed by atoms with Crippen molar-refractivity contribution in [3.05, 3.63) is 54.1 Å². The molecule has 138 valence electrons. The first-order chi connectivity index (χ1) is 12.6. The average molecular weight is 356 g/mol. The number of unbranched alkanes of at least 4 members (excludes halogenated alkanes) is 1.